The molecule has 1 atom stereocenters. The molecule has 0 radical (unpaired) electrons. The van der Waals surface area contributed by atoms with E-state index in [1.165, 1.54) is 44.3 Å². The second-order valence-corrected chi connectivity index (χ2v) is 7.53. The van der Waals surface area contributed by atoms with Crippen LogP contribution < -0.4 is 0 Å². The Balaban J connectivity index is 3.20. The number of unbranched alkanes of at least 4 members (excludes halogenated alkanes) is 2. The molecule has 0 aliphatic heterocycles. The summed E-state index contributed by atoms with van der Waals surface area (Å²) in [6.45, 7) is 11.7. The predicted molar refractivity (Wildman–Crippen MR) is 79.3 cm³/mol. The van der Waals surface area contributed by atoms with Crippen LogP contribution in [0.4, 0.5) is 0 Å². The van der Waals surface area contributed by atoms with Gasteiger partial charge in [0.1, 0.15) is 0 Å². The van der Waals surface area contributed by atoms with Crippen LogP contribution in [0.2, 0.25) is 0 Å². The van der Waals surface area contributed by atoms with Gasteiger partial charge >= 0.3 is 0 Å². The van der Waals surface area contributed by atoms with Crippen LogP contribution in [-0.2, 0) is 0 Å². The predicted octanol–water partition coefficient (Wildman–Crippen LogP) is 5.76. The molecule has 0 aromatic rings. The molecule has 98 valence electrons. The summed E-state index contributed by atoms with van der Waals surface area (Å²) in [6.07, 6.45) is 8.59. The minimum atomic E-state index is 0.804. The molecule has 0 nitrogen and oxygen atoms in total. The first-order valence-electron chi connectivity index (χ1n) is 7.14. The third kappa shape index (κ3) is 12.4. The molecule has 1 heteroatoms. The molecule has 0 saturated heterocycles. The monoisotopic (exact) mass is 244 g/mol. The Kier molecular flexibility index (Phi) is 10.7. The van der Waals surface area contributed by atoms with Crippen molar-refractivity contribution >= 4 is 11.8 Å². The Bertz CT molecular complexity index is 140. The largest absolute Gasteiger partial charge is 0.159 e. The molecule has 16 heavy (non-hydrogen) atoms. The molecule has 0 aromatic carbocycles. The number of hydrogen-bond acceptors (Lipinski definition) is 1. The zero-order chi connectivity index (χ0) is 12.4. The molecule has 0 rings (SSSR count). The summed E-state index contributed by atoms with van der Waals surface area (Å²) in [4.78, 5) is 0. The van der Waals surface area contributed by atoms with E-state index in [9.17, 15) is 0 Å². The molecule has 0 fully saturated rings. The van der Waals surface area contributed by atoms with E-state index in [1.54, 1.807) is 0 Å². The van der Waals surface area contributed by atoms with E-state index < -0.39 is 0 Å². The topological polar surface area (TPSA) is 0 Å². The van der Waals surface area contributed by atoms with Crippen molar-refractivity contribution in [3.63, 3.8) is 0 Å². The van der Waals surface area contributed by atoms with Gasteiger partial charge in [0.05, 0.1) is 0 Å². The number of rotatable bonds is 10. The number of hydrogen-bond donors (Lipinski definition) is 0. The lowest BCUT2D eigenvalue weighted by molar-refractivity contribution is 0.460. The lowest BCUT2D eigenvalue weighted by atomic mass is 9.98. The van der Waals surface area contributed by atoms with Gasteiger partial charge in [-0.3, -0.25) is 0 Å². The van der Waals surface area contributed by atoms with Crippen LogP contribution in [0.5, 0.6) is 0 Å². The van der Waals surface area contributed by atoms with Crippen molar-refractivity contribution in [1.29, 1.82) is 0 Å². The van der Waals surface area contributed by atoms with Crippen LogP contribution in [0.1, 0.15) is 73.1 Å². The van der Waals surface area contributed by atoms with Gasteiger partial charge in [0.2, 0.25) is 0 Å². The third-order valence-electron chi connectivity index (χ3n) is 3.04. The lowest BCUT2D eigenvalue weighted by Crippen LogP contribution is -1.99. The highest BCUT2D eigenvalue weighted by Gasteiger charge is 2.03. The van der Waals surface area contributed by atoms with Crippen molar-refractivity contribution < 1.29 is 0 Å². The highest BCUT2D eigenvalue weighted by molar-refractivity contribution is 7.99. The Morgan fingerprint density at radius 3 is 1.94 bits per heavy atom. The summed E-state index contributed by atoms with van der Waals surface area (Å²) in [5.74, 6) is 3.18. The van der Waals surface area contributed by atoms with Gasteiger partial charge in [-0.05, 0) is 29.3 Å². The van der Waals surface area contributed by atoms with E-state index in [4.69, 9.17) is 0 Å². The van der Waals surface area contributed by atoms with Gasteiger partial charge in [0.15, 0.2) is 0 Å². The molecule has 1 unspecified atom stereocenters. The van der Waals surface area contributed by atoms with Crippen molar-refractivity contribution in [1.82, 2.24) is 0 Å². The molecule has 0 aromatic heterocycles. The fraction of sp³-hybridized carbons (Fsp3) is 1.00. The quantitative estimate of drug-likeness (QED) is 0.440. The fourth-order valence-electron chi connectivity index (χ4n) is 1.87. The van der Waals surface area contributed by atoms with Crippen LogP contribution in [0, 0.1) is 11.8 Å². The maximum Gasteiger partial charge on any atom is -0.000968 e. The van der Waals surface area contributed by atoms with E-state index >= 15 is 0 Å². The zero-order valence-corrected chi connectivity index (χ0v) is 12.9. The second-order valence-electron chi connectivity index (χ2n) is 5.85. The SMILES string of the molecule is CC(C)CCCCCC(C)CCSC(C)C. The standard InChI is InChI=1S/C15H32S/c1-13(2)9-7-6-8-10-15(5)11-12-16-14(3)4/h13-15H,6-12H2,1-5H3. The van der Waals surface area contributed by atoms with E-state index in [1.807, 2.05) is 0 Å². The van der Waals surface area contributed by atoms with Gasteiger partial charge in [-0.2, -0.15) is 11.8 Å². The van der Waals surface area contributed by atoms with Gasteiger partial charge in [0.25, 0.3) is 0 Å². The minimum Gasteiger partial charge on any atom is -0.159 e. The normalized spacial score (nSPS) is 13.7. The highest BCUT2D eigenvalue weighted by atomic mass is 32.2. The molecule has 0 aliphatic carbocycles. The van der Waals surface area contributed by atoms with Crippen LogP contribution in [0.3, 0.4) is 0 Å². The maximum absolute atomic E-state index is 2.42. The molecule has 0 bridgehead atoms. The fourth-order valence-corrected chi connectivity index (χ4v) is 2.88. The summed E-state index contributed by atoms with van der Waals surface area (Å²) >= 11 is 2.11. The minimum absolute atomic E-state index is 0.804. The first-order chi connectivity index (χ1) is 7.52. The summed E-state index contributed by atoms with van der Waals surface area (Å²) < 4.78 is 0. The van der Waals surface area contributed by atoms with Crippen molar-refractivity contribution in [2.45, 2.75) is 78.4 Å². The average Bonchev–Trinajstić information content (AvgIpc) is 2.16. The van der Waals surface area contributed by atoms with Crippen molar-refractivity contribution in [2.24, 2.45) is 11.8 Å². The molecule has 0 N–H and O–H groups in total. The van der Waals surface area contributed by atoms with Crippen molar-refractivity contribution in [2.75, 3.05) is 5.75 Å². The summed E-state index contributed by atoms with van der Waals surface area (Å²) in [7, 11) is 0. The smallest absolute Gasteiger partial charge is 0.000968 e. The third-order valence-corrected chi connectivity index (χ3v) is 4.18. The Morgan fingerprint density at radius 1 is 0.750 bits per heavy atom. The molecule has 0 aliphatic rings. The summed E-state index contributed by atoms with van der Waals surface area (Å²) in [5, 5.41) is 0.804. The van der Waals surface area contributed by atoms with Gasteiger partial charge in [-0.15, -0.1) is 0 Å². The summed E-state index contributed by atoms with van der Waals surface area (Å²) in [5.41, 5.74) is 0. The maximum atomic E-state index is 2.42. The van der Waals surface area contributed by atoms with Crippen LogP contribution in [0.15, 0.2) is 0 Å². The highest BCUT2D eigenvalue weighted by Crippen LogP contribution is 2.19. The van der Waals surface area contributed by atoms with Crippen LogP contribution in [-0.4, -0.2) is 11.0 Å². The molecule has 0 saturated carbocycles. The average molecular weight is 244 g/mol. The second kappa shape index (κ2) is 10.5. The van der Waals surface area contributed by atoms with Crippen molar-refractivity contribution in [3.05, 3.63) is 0 Å². The number of thioether (sulfide) groups is 1. The molecular weight excluding hydrogens is 212 g/mol. The van der Waals surface area contributed by atoms with Gasteiger partial charge in [-0.25, -0.2) is 0 Å². The van der Waals surface area contributed by atoms with E-state index in [0.29, 0.717) is 0 Å². The Morgan fingerprint density at radius 2 is 1.38 bits per heavy atom. The summed E-state index contributed by atoms with van der Waals surface area (Å²) in [6, 6.07) is 0. The van der Waals surface area contributed by atoms with Gasteiger partial charge in [0, 0.05) is 0 Å². The first kappa shape index (κ1) is 16.4. The zero-order valence-electron chi connectivity index (χ0n) is 12.1. The van der Waals surface area contributed by atoms with Crippen LogP contribution >= 0.6 is 11.8 Å². The molecule has 0 heterocycles. The molecular formula is C15H32S. The first-order valence-corrected chi connectivity index (χ1v) is 8.18. The van der Waals surface area contributed by atoms with Gasteiger partial charge < -0.3 is 0 Å². The van der Waals surface area contributed by atoms with Crippen molar-refractivity contribution in [3.8, 4) is 0 Å². The van der Waals surface area contributed by atoms with Gasteiger partial charge in [-0.1, -0.05) is 66.7 Å². The van der Waals surface area contributed by atoms with E-state index in [0.717, 1.165) is 17.1 Å². The van der Waals surface area contributed by atoms with Crippen LogP contribution in [0.25, 0.3) is 0 Å². The molecule has 0 amide bonds. The Labute approximate surface area is 108 Å². The lowest BCUT2D eigenvalue weighted by Gasteiger charge is -2.12. The molecule has 0 spiro atoms. The van der Waals surface area contributed by atoms with E-state index in [2.05, 4.69) is 46.4 Å². The Hall–Kier alpha value is 0.350. The van der Waals surface area contributed by atoms with E-state index in [-0.39, 0.29) is 0 Å².